The Morgan fingerprint density at radius 1 is 1.04 bits per heavy atom. The van der Waals surface area contributed by atoms with Crippen LogP contribution in [-0.4, -0.2) is 64.5 Å². The van der Waals surface area contributed by atoms with Gasteiger partial charge < -0.3 is 4.90 Å². The number of sulfonamides is 1. The summed E-state index contributed by atoms with van der Waals surface area (Å²) >= 11 is 0. The molecule has 0 spiro atoms. The number of piperazine rings is 1. The standard InChI is InChI=1S/C19H21N5O3S/c1-14-3-5-16(6-4-14)28(26,27)24-9-7-23(8-10-24)19(25)15-11-18-17(20-12-15)13-21-22(18)2/h3-6,11-13H,7-10H2,1-2H3. The van der Waals surface area contributed by atoms with E-state index in [1.54, 1.807) is 59.4 Å². The van der Waals surface area contributed by atoms with Crippen LogP contribution in [-0.2, 0) is 17.1 Å². The van der Waals surface area contributed by atoms with Crippen molar-refractivity contribution in [3.8, 4) is 0 Å². The van der Waals surface area contributed by atoms with Crippen LogP contribution in [0.25, 0.3) is 11.0 Å². The van der Waals surface area contributed by atoms with Gasteiger partial charge in [-0.3, -0.25) is 14.5 Å². The average Bonchev–Trinajstić information content (AvgIpc) is 3.08. The Balaban J connectivity index is 1.47. The molecule has 0 bridgehead atoms. The fraction of sp³-hybridized carbons (Fsp3) is 0.316. The predicted octanol–water partition coefficient (Wildman–Crippen LogP) is 1.42. The first-order valence-corrected chi connectivity index (χ1v) is 10.4. The van der Waals surface area contributed by atoms with Crippen molar-refractivity contribution in [3.05, 3.63) is 53.9 Å². The van der Waals surface area contributed by atoms with E-state index in [2.05, 4.69) is 10.1 Å². The molecule has 28 heavy (non-hydrogen) atoms. The topological polar surface area (TPSA) is 88.4 Å². The summed E-state index contributed by atoms with van der Waals surface area (Å²) in [6.45, 7) is 3.13. The van der Waals surface area contributed by atoms with Crippen LogP contribution < -0.4 is 0 Å². The summed E-state index contributed by atoms with van der Waals surface area (Å²) in [4.78, 5) is 19.1. The number of nitrogens with zero attached hydrogens (tertiary/aromatic N) is 5. The number of hydrogen-bond donors (Lipinski definition) is 0. The molecule has 1 aliphatic rings. The number of hydrogen-bond acceptors (Lipinski definition) is 5. The minimum atomic E-state index is -3.55. The minimum Gasteiger partial charge on any atom is -0.336 e. The molecule has 2 aromatic heterocycles. The first-order chi connectivity index (χ1) is 13.4. The molecule has 1 saturated heterocycles. The van der Waals surface area contributed by atoms with Crippen molar-refractivity contribution in [3.63, 3.8) is 0 Å². The highest BCUT2D eigenvalue weighted by Gasteiger charge is 2.30. The molecular weight excluding hydrogens is 378 g/mol. The molecule has 3 aromatic rings. The van der Waals surface area contributed by atoms with Gasteiger partial charge >= 0.3 is 0 Å². The van der Waals surface area contributed by atoms with E-state index in [9.17, 15) is 13.2 Å². The van der Waals surface area contributed by atoms with Crippen molar-refractivity contribution in [1.82, 2.24) is 24.0 Å². The number of aryl methyl sites for hydroxylation is 2. The van der Waals surface area contributed by atoms with E-state index in [0.29, 0.717) is 18.7 Å². The highest BCUT2D eigenvalue weighted by molar-refractivity contribution is 7.89. The monoisotopic (exact) mass is 399 g/mol. The Labute approximate surface area is 163 Å². The third kappa shape index (κ3) is 3.27. The smallest absolute Gasteiger partial charge is 0.255 e. The van der Waals surface area contributed by atoms with Crippen molar-refractivity contribution in [2.45, 2.75) is 11.8 Å². The van der Waals surface area contributed by atoms with Crippen molar-refractivity contribution in [2.24, 2.45) is 7.05 Å². The van der Waals surface area contributed by atoms with Gasteiger partial charge in [0, 0.05) is 39.4 Å². The third-order valence-corrected chi connectivity index (χ3v) is 6.94. The van der Waals surface area contributed by atoms with Gasteiger partial charge in [0.15, 0.2) is 0 Å². The van der Waals surface area contributed by atoms with E-state index in [-0.39, 0.29) is 23.9 Å². The van der Waals surface area contributed by atoms with Gasteiger partial charge in [-0.25, -0.2) is 8.42 Å². The lowest BCUT2D eigenvalue weighted by atomic mass is 10.2. The van der Waals surface area contributed by atoms with Gasteiger partial charge in [0.25, 0.3) is 5.91 Å². The Bertz CT molecular complexity index is 1130. The fourth-order valence-corrected chi connectivity index (χ4v) is 4.74. The summed E-state index contributed by atoms with van der Waals surface area (Å²) in [7, 11) is -1.75. The summed E-state index contributed by atoms with van der Waals surface area (Å²) in [5, 5.41) is 4.14. The second kappa shape index (κ2) is 6.99. The highest BCUT2D eigenvalue weighted by Crippen LogP contribution is 2.20. The molecule has 9 heteroatoms. The predicted molar refractivity (Wildman–Crippen MR) is 104 cm³/mol. The van der Waals surface area contributed by atoms with Crippen LogP contribution in [0.5, 0.6) is 0 Å². The number of carbonyl (C=O) groups excluding carboxylic acids is 1. The van der Waals surface area contributed by atoms with Gasteiger partial charge in [-0.05, 0) is 25.1 Å². The van der Waals surface area contributed by atoms with Crippen LogP contribution in [0.1, 0.15) is 15.9 Å². The zero-order valence-electron chi connectivity index (χ0n) is 15.7. The van der Waals surface area contributed by atoms with Crippen LogP contribution in [0.3, 0.4) is 0 Å². The van der Waals surface area contributed by atoms with E-state index in [0.717, 1.165) is 16.6 Å². The maximum absolute atomic E-state index is 12.8. The summed E-state index contributed by atoms with van der Waals surface area (Å²) in [6, 6.07) is 8.59. The summed E-state index contributed by atoms with van der Waals surface area (Å²) in [5.74, 6) is -0.150. The van der Waals surface area contributed by atoms with Crippen molar-refractivity contribution in [1.29, 1.82) is 0 Å². The summed E-state index contributed by atoms with van der Waals surface area (Å²) in [6.07, 6.45) is 3.19. The Morgan fingerprint density at radius 2 is 1.71 bits per heavy atom. The quantitative estimate of drug-likeness (QED) is 0.665. The molecule has 4 rings (SSSR count). The average molecular weight is 399 g/mol. The van der Waals surface area contributed by atoms with Crippen LogP contribution >= 0.6 is 0 Å². The van der Waals surface area contributed by atoms with Crippen molar-refractivity contribution in [2.75, 3.05) is 26.2 Å². The van der Waals surface area contributed by atoms with Gasteiger partial charge in [0.2, 0.25) is 10.0 Å². The molecular formula is C19H21N5O3S. The lowest BCUT2D eigenvalue weighted by Gasteiger charge is -2.34. The van der Waals surface area contributed by atoms with Crippen molar-refractivity contribution < 1.29 is 13.2 Å². The first-order valence-electron chi connectivity index (χ1n) is 9.00. The normalized spacial score (nSPS) is 15.9. The molecule has 3 heterocycles. The molecule has 0 atom stereocenters. The zero-order valence-corrected chi connectivity index (χ0v) is 16.6. The van der Waals surface area contributed by atoms with Crippen molar-refractivity contribution >= 4 is 27.0 Å². The van der Waals surface area contributed by atoms with Gasteiger partial charge in [-0.1, -0.05) is 17.7 Å². The van der Waals surface area contributed by atoms with Crippen LogP contribution in [0.15, 0.2) is 47.6 Å². The molecule has 0 saturated carbocycles. The molecule has 0 unspecified atom stereocenters. The Hall–Kier alpha value is -2.78. The molecule has 0 radical (unpaired) electrons. The summed E-state index contributed by atoms with van der Waals surface area (Å²) < 4.78 is 28.7. The molecule has 8 nitrogen and oxygen atoms in total. The minimum absolute atomic E-state index is 0.150. The lowest BCUT2D eigenvalue weighted by molar-refractivity contribution is 0.0697. The van der Waals surface area contributed by atoms with Crippen LogP contribution in [0.4, 0.5) is 0 Å². The van der Waals surface area contributed by atoms with E-state index >= 15 is 0 Å². The van der Waals surface area contributed by atoms with Crippen LogP contribution in [0, 0.1) is 6.92 Å². The highest BCUT2D eigenvalue weighted by atomic mass is 32.2. The first kappa shape index (κ1) is 18.6. The molecule has 146 valence electrons. The maximum atomic E-state index is 12.8. The van der Waals surface area contributed by atoms with Gasteiger partial charge in [0.05, 0.1) is 22.2 Å². The van der Waals surface area contributed by atoms with E-state index < -0.39 is 10.0 Å². The number of amides is 1. The number of rotatable bonds is 3. The van der Waals surface area contributed by atoms with E-state index in [4.69, 9.17) is 0 Å². The number of pyridine rings is 1. The number of benzene rings is 1. The molecule has 1 aliphatic heterocycles. The lowest BCUT2D eigenvalue weighted by Crippen LogP contribution is -2.50. The Morgan fingerprint density at radius 3 is 2.39 bits per heavy atom. The summed E-state index contributed by atoms with van der Waals surface area (Å²) in [5.41, 5.74) is 3.00. The largest absolute Gasteiger partial charge is 0.336 e. The molecule has 1 aromatic carbocycles. The van der Waals surface area contributed by atoms with Gasteiger partial charge in [-0.15, -0.1) is 0 Å². The second-order valence-electron chi connectivity index (χ2n) is 6.91. The van der Waals surface area contributed by atoms with Gasteiger partial charge in [0.1, 0.15) is 5.52 Å². The Kier molecular flexibility index (Phi) is 4.64. The third-order valence-electron chi connectivity index (χ3n) is 5.03. The number of fused-ring (bicyclic) bond motifs is 1. The molecule has 1 fully saturated rings. The zero-order chi connectivity index (χ0) is 19.9. The van der Waals surface area contributed by atoms with E-state index in [1.807, 2.05) is 6.92 Å². The second-order valence-corrected chi connectivity index (χ2v) is 8.84. The van der Waals surface area contributed by atoms with Crippen LogP contribution in [0.2, 0.25) is 0 Å². The number of carbonyl (C=O) groups is 1. The number of aromatic nitrogens is 3. The molecule has 0 N–H and O–H groups in total. The molecule has 1 amide bonds. The fourth-order valence-electron chi connectivity index (χ4n) is 3.32. The van der Waals surface area contributed by atoms with E-state index in [1.165, 1.54) is 4.31 Å². The van der Waals surface area contributed by atoms with Gasteiger partial charge in [-0.2, -0.15) is 9.40 Å². The maximum Gasteiger partial charge on any atom is 0.255 e. The molecule has 0 aliphatic carbocycles. The SMILES string of the molecule is Cc1ccc(S(=O)(=O)N2CCN(C(=O)c3cnc4cnn(C)c4c3)CC2)cc1.